The second kappa shape index (κ2) is 5.13. The van der Waals surface area contributed by atoms with Crippen LogP contribution < -0.4 is 0 Å². The summed E-state index contributed by atoms with van der Waals surface area (Å²) in [6.45, 7) is 0. The van der Waals surface area contributed by atoms with Gasteiger partial charge in [0.15, 0.2) is 0 Å². The molecule has 1 N–H and O–H groups in total. The lowest BCUT2D eigenvalue weighted by Crippen LogP contribution is -2.00. The third-order valence-corrected chi connectivity index (χ3v) is 3.73. The average Bonchev–Trinajstić information content (AvgIpc) is 2.90. The maximum Gasteiger partial charge on any atom is 0.337 e. The first kappa shape index (κ1) is 12.9. The van der Waals surface area contributed by atoms with Gasteiger partial charge in [-0.2, -0.15) is 0 Å². The summed E-state index contributed by atoms with van der Waals surface area (Å²) in [5.41, 5.74) is 3.59. The van der Waals surface area contributed by atoms with Crippen LogP contribution in [0.4, 0.5) is 0 Å². The van der Waals surface area contributed by atoms with Crippen molar-refractivity contribution in [3.63, 3.8) is 0 Å². The van der Waals surface area contributed by atoms with Crippen molar-refractivity contribution in [2.45, 2.75) is 0 Å². The Balaban J connectivity index is 2.06. The number of carbonyl (C=O) groups is 1. The zero-order valence-corrected chi connectivity index (χ0v) is 12.4. The molecular weight excluding hydrogens is 318 g/mol. The van der Waals surface area contributed by atoms with E-state index in [2.05, 4.69) is 27.0 Å². The first-order chi connectivity index (χ1) is 9.67. The van der Waals surface area contributed by atoms with Gasteiger partial charge in [0.1, 0.15) is 0 Å². The molecule has 0 amide bonds. The van der Waals surface area contributed by atoms with Crippen LogP contribution in [0.1, 0.15) is 10.4 Å². The monoisotopic (exact) mass is 329 g/mol. The summed E-state index contributed by atoms with van der Waals surface area (Å²) in [5.74, 6) is -0.327. The van der Waals surface area contributed by atoms with Crippen molar-refractivity contribution in [3.05, 3.63) is 58.6 Å². The highest BCUT2D eigenvalue weighted by atomic mass is 79.9. The van der Waals surface area contributed by atoms with E-state index in [0.29, 0.717) is 5.56 Å². The predicted molar refractivity (Wildman–Crippen MR) is 82.8 cm³/mol. The molecule has 0 radical (unpaired) electrons. The van der Waals surface area contributed by atoms with Gasteiger partial charge in [0.25, 0.3) is 0 Å². The van der Waals surface area contributed by atoms with Gasteiger partial charge in [0, 0.05) is 21.1 Å². The highest BCUT2D eigenvalue weighted by molar-refractivity contribution is 9.10. The molecule has 0 aliphatic rings. The summed E-state index contributed by atoms with van der Waals surface area (Å²) in [5, 5.41) is 1.07. The largest absolute Gasteiger partial charge is 0.465 e. The Morgan fingerprint density at radius 1 is 1.10 bits per heavy atom. The van der Waals surface area contributed by atoms with E-state index in [-0.39, 0.29) is 5.97 Å². The number of H-pyrrole nitrogens is 1. The van der Waals surface area contributed by atoms with Crippen molar-refractivity contribution in [2.75, 3.05) is 7.11 Å². The maximum absolute atomic E-state index is 11.5. The molecule has 0 saturated heterocycles. The third kappa shape index (κ3) is 2.34. The molecule has 2 aromatic carbocycles. The second-order valence-corrected chi connectivity index (χ2v) is 5.40. The molecule has 0 saturated carbocycles. The smallest absolute Gasteiger partial charge is 0.337 e. The summed E-state index contributed by atoms with van der Waals surface area (Å²) in [7, 11) is 1.38. The number of nitrogens with one attached hydrogen (secondary N) is 1. The lowest BCUT2D eigenvalue weighted by Gasteiger charge is -1.98. The molecule has 0 fully saturated rings. The van der Waals surface area contributed by atoms with Crippen molar-refractivity contribution in [2.24, 2.45) is 0 Å². The number of benzene rings is 2. The van der Waals surface area contributed by atoms with Crippen LogP contribution in [0.25, 0.3) is 22.2 Å². The third-order valence-electron chi connectivity index (χ3n) is 3.20. The number of esters is 1. The Morgan fingerprint density at radius 3 is 2.55 bits per heavy atom. The first-order valence-electron chi connectivity index (χ1n) is 6.14. The highest BCUT2D eigenvalue weighted by Crippen LogP contribution is 2.26. The molecule has 0 aliphatic carbocycles. The fourth-order valence-electron chi connectivity index (χ4n) is 2.16. The number of ether oxygens (including phenoxy) is 1. The lowest BCUT2D eigenvalue weighted by molar-refractivity contribution is 0.0601. The molecule has 0 unspecified atom stereocenters. The fourth-order valence-corrected chi connectivity index (χ4v) is 2.42. The molecule has 100 valence electrons. The molecule has 4 heteroatoms. The van der Waals surface area contributed by atoms with Crippen LogP contribution in [0.15, 0.2) is 53.0 Å². The molecule has 3 aromatic rings. The van der Waals surface area contributed by atoms with Gasteiger partial charge in [-0.05, 0) is 35.9 Å². The summed E-state index contributed by atoms with van der Waals surface area (Å²) in [6.07, 6.45) is 0. The minimum absolute atomic E-state index is 0.327. The quantitative estimate of drug-likeness (QED) is 0.709. The number of methoxy groups -OCH3 is 1. The first-order valence-corrected chi connectivity index (χ1v) is 6.94. The number of halogens is 1. The van der Waals surface area contributed by atoms with E-state index >= 15 is 0 Å². The molecule has 0 atom stereocenters. The fraction of sp³-hybridized carbons (Fsp3) is 0.0625. The molecule has 3 nitrogen and oxygen atoms in total. The number of rotatable bonds is 2. The summed E-state index contributed by atoms with van der Waals surface area (Å²) < 4.78 is 5.78. The van der Waals surface area contributed by atoms with Crippen molar-refractivity contribution in [1.29, 1.82) is 0 Å². The van der Waals surface area contributed by atoms with Gasteiger partial charge in [-0.25, -0.2) is 4.79 Å². The SMILES string of the molecule is COC(=O)c1ccc2cc(-c3ccc(Br)cc3)[nH]c2c1. The minimum atomic E-state index is -0.327. The van der Waals surface area contributed by atoms with Gasteiger partial charge in [-0.15, -0.1) is 0 Å². The van der Waals surface area contributed by atoms with E-state index in [1.807, 2.05) is 36.4 Å². The van der Waals surface area contributed by atoms with Crippen molar-refractivity contribution in [3.8, 4) is 11.3 Å². The van der Waals surface area contributed by atoms with Crippen molar-refractivity contribution in [1.82, 2.24) is 4.98 Å². The Hall–Kier alpha value is -2.07. The minimum Gasteiger partial charge on any atom is -0.465 e. The van der Waals surface area contributed by atoms with Crippen LogP contribution in [0.5, 0.6) is 0 Å². The van der Waals surface area contributed by atoms with Crippen LogP contribution >= 0.6 is 15.9 Å². The topological polar surface area (TPSA) is 42.1 Å². The standard InChI is InChI=1S/C16H12BrNO2/c1-20-16(19)12-3-2-11-8-14(18-15(11)9-12)10-4-6-13(17)7-5-10/h2-9,18H,1H3. The van der Waals surface area contributed by atoms with Crippen molar-refractivity contribution >= 4 is 32.8 Å². The summed E-state index contributed by atoms with van der Waals surface area (Å²) in [4.78, 5) is 14.9. The van der Waals surface area contributed by atoms with Crippen LogP contribution in [-0.4, -0.2) is 18.1 Å². The average molecular weight is 330 g/mol. The number of fused-ring (bicyclic) bond motifs is 1. The highest BCUT2D eigenvalue weighted by Gasteiger charge is 2.08. The van der Waals surface area contributed by atoms with E-state index in [0.717, 1.165) is 26.6 Å². The second-order valence-electron chi connectivity index (χ2n) is 4.48. The molecule has 0 bridgehead atoms. The van der Waals surface area contributed by atoms with E-state index in [1.54, 1.807) is 6.07 Å². The normalized spacial score (nSPS) is 10.7. The van der Waals surface area contributed by atoms with E-state index in [1.165, 1.54) is 7.11 Å². The Bertz CT molecular complexity index is 775. The predicted octanol–water partition coefficient (Wildman–Crippen LogP) is 4.38. The molecule has 1 heterocycles. The molecule has 0 spiro atoms. The zero-order chi connectivity index (χ0) is 14.1. The molecular formula is C16H12BrNO2. The number of aromatic amines is 1. The van der Waals surface area contributed by atoms with Gasteiger partial charge in [0.05, 0.1) is 12.7 Å². The van der Waals surface area contributed by atoms with E-state index in [4.69, 9.17) is 4.74 Å². The van der Waals surface area contributed by atoms with E-state index < -0.39 is 0 Å². The molecule has 20 heavy (non-hydrogen) atoms. The van der Waals surface area contributed by atoms with Gasteiger partial charge in [-0.1, -0.05) is 34.1 Å². The van der Waals surface area contributed by atoms with Crippen molar-refractivity contribution < 1.29 is 9.53 Å². The van der Waals surface area contributed by atoms with Gasteiger partial charge >= 0.3 is 5.97 Å². The Kier molecular flexibility index (Phi) is 3.32. The van der Waals surface area contributed by atoms with Gasteiger partial charge in [0.2, 0.25) is 0 Å². The lowest BCUT2D eigenvalue weighted by atomic mass is 10.1. The summed E-state index contributed by atoms with van der Waals surface area (Å²) >= 11 is 3.42. The zero-order valence-electron chi connectivity index (χ0n) is 10.8. The maximum atomic E-state index is 11.5. The number of hydrogen-bond acceptors (Lipinski definition) is 2. The molecule has 0 aliphatic heterocycles. The van der Waals surface area contributed by atoms with Crippen LogP contribution in [-0.2, 0) is 4.74 Å². The Morgan fingerprint density at radius 2 is 1.85 bits per heavy atom. The van der Waals surface area contributed by atoms with Gasteiger partial charge in [-0.3, -0.25) is 0 Å². The van der Waals surface area contributed by atoms with Crippen LogP contribution in [0.2, 0.25) is 0 Å². The van der Waals surface area contributed by atoms with Gasteiger partial charge < -0.3 is 9.72 Å². The van der Waals surface area contributed by atoms with E-state index in [9.17, 15) is 4.79 Å². The molecule has 3 rings (SSSR count). The van der Waals surface area contributed by atoms with Crippen LogP contribution in [0, 0.1) is 0 Å². The summed E-state index contributed by atoms with van der Waals surface area (Å²) in [6, 6.07) is 15.6. The molecule has 1 aromatic heterocycles. The number of hydrogen-bond donors (Lipinski definition) is 1. The number of aromatic nitrogens is 1. The Labute approximate surface area is 124 Å². The number of carbonyl (C=O) groups excluding carboxylic acids is 1. The van der Waals surface area contributed by atoms with Crippen LogP contribution in [0.3, 0.4) is 0 Å².